The van der Waals surface area contributed by atoms with Crippen molar-refractivity contribution in [2.75, 3.05) is 6.61 Å². The molecule has 55 heavy (non-hydrogen) atoms. The molecule has 5 rings (SSSR count). The molecule has 16 heteroatoms. The largest absolute Gasteiger partial charge is 0.508 e. The molecule has 0 spiro atoms. The normalized spacial score (nSPS) is 19.8. The molecular formula is C39H34O16. The van der Waals surface area contributed by atoms with Gasteiger partial charge in [0.15, 0.2) is 46.4 Å². The number of aliphatic hydroxyl groups is 2. The molecule has 0 saturated carbocycles. The number of phenolic OH excluding ortho intramolecular Hbond substituents is 7. The maximum Gasteiger partial charge on any atom is 0.331 e. The smallest absolute Gasteiger partial charge is 0.331 e. The topological polar surface area (TPSA) is 270 Å². The first kappa shape index (κ1) is 39.2. The summed E-state index contributed by atoms with van der Waals surface area (Å²) in [5.74, 6) is -6.85. The maximum atomic E-state index is 12.9. The van der Waals surface area contributed by atoms with Crippen molar-refractivity contribution in [1.29, 1.82) is 0 Å². The molecule has 0 unspecified atom stereocenters. The van der Waals surface area contributed by atoms with Gasteiger partial charge < -0.3 is 64.9 Å². The first-order chi connectivity index (χ1) is 26.2. The Morgan fingerprint density at radius 2 is 1.18 bits per heavy atom. The number of allylic oxidation sites excluding steroid dienone is 1. The van der Waals surface area contributed by atoms with Crippen molar-refractivity contribution < 1.29 is 79.3 Å². The molecule has 0 aromatic heterocycles. The van der Waals surface area contributed by atoms with Crippen LogP contribution in [0.15, 0.2) is 91.0 Å². The third-order valence-corrected chi connectivity index (χ3v) is 8.05. The second kappa shape index (κ2) is 17.2. The van der Waals surface area contributed by atoms with Gasteiger partial charge in [-0.25, -0.2) is 9.59 Å². The predicted molar refractivity (Wildman–Crippen MR) is 191 cm³/mol. The van der Waals surface area contributed by atoms with Crippen LogP contribution in [0.2, 0.25) is 0 Å². The minimum Gasteiger partial charge on any atom is -0.508 e. The van der Waals surface area contributed by atoms with E-state index in [1.165, 1.54) is 72.8 Å². The van der Waals surface area contributed by atoms with Crippen LogP contribution in [0.5, 0.6) is 46.0 Å². The van der Waals surface area contributed by atoms with Gasteiger partial charge in [-0.3, -0.25) is 4.79 Å². The van der Waals surface area contributed by atoms with Gasteiger partial charge in [-0.05, 0) is 83.4 Å². The molecule has 1 aliphatic heterocycles. The van der Waals surface area contributed by atoms with E-state index in [-0.39, 0.29) is 22.6 Å². The number of rotatable bonds is 12. The molecule has 1 saturated heterocycles. The summed E-state index contributed by atoms with van der Waals surface area (Å²) in [6, 6.07) is 15.5. The van der Waals surface area contributed by atoms with E-state index < -0.39 is 89.5 Å². The van der Waals surface area contributed by atoms with Gasteiger partial charge in [0.2, 0.25) is 12.0 Å². The minimum atomic E-state index is -1.95. The van der Waals surface area contributed by atoms with Gasteiger partial charge in [-0.2, -0.15) is 0 Å². The number of carbonyl (C=O) groups is 3. The molecule has 0 amide bonds. The van der Waals surface area contributed by atoms with Crippen LogP contribution in [0.3, 0.4) is 0 Å². The first-order valence-corrected chi connectivity index (χ1v) is 16.2. The maximum absolute atomic E-state index is 12.9. The molecule has 0 radical (unpaired) electrons. The molecule has 5 atom stereocenters. The number of carbonyl (C=O) groups excluding carboxylic acids is 3. The summed E-state index contributed by atoms with van der Waals surface area (Å²) in [5, 5.41) is 91.4. The Hall–Kier alpha value is -7.01. The molecule has 4 aromatic carbocycles. The van der Waals surface area contributed by atoms with Gasteiger partial charge >= 0.3 is 11.9 Å². The number of esters is 2. The highest BCUT2D eigenvalue weighted by Crippen LogP contribution is 2.40. The van der Waals surface area contributed by atoms with Crippen LogP contribution in [0.4, 0.5) is 0 Å². The van der Waals surface area contributed by atoms with Crippen molar-refractivity contribution in [3.8, 4) is 46.0 Å². The van der Waals surface area contributed by atoms with Gasteiger partial charge in [0, 0.05) is 12.2 Å². The van der Waals surface area contributed by atoms with Crippen LogP contribution in [-0.4, -0.2) is 101 Å². The fourth-order valence-electron chi connectivity index (χ4n) is 5.09. The van der Waals surface area contributed by atoms with Gasteiger partial charge in [-0.1, -0.05) is 30.3 Å². The summed E-state index contributed by atoms with van der Waals surface area (Å²) in [6.07, 6.45) is -2.12. The van der Waals surface area contributed by atoms with Crippen LogP contribution < -0.4 is 4.74 Å². The van der Waals surface area contributed by atoms with Crippen LogP contribution in [0.25, 0.3) is 18.2 Å². The standard InChI is InChI=1S/C39H34O16/c40-23-8-1-20(2-9-23)6-15-32(46)52-19-31-36(50)37(51)38(55-33(47)16-7-22-5-13-27(43)29(45)18-22)39(54-31)53-30-14-10-24(34(48)35(30)49)25(41)11-3-21-4-12-26(42)28(44)17-21/h1-18,31,36-40,42-45,48-51H,19H2/b11-3+,15-6+,16-7+/t31-,36+,37+,38-,39-/m1/s1. The third-order valence-electron chi connectivity index (χ3n) is 8.05. The number of aromatic hydroxyl groups is 7. The van der Waals surface area contributed by atoms with Gasteiger partial charge in [0.25, 0.3) is 0 Å². The quantitative estimate of drug-likeness (QED) is 0.0434. The van der Waals surface area contributed by atoms with E-state index >= 15 is 0 Å². The van der Waals surface area contributed by atoms with Gasteiger partial charge in [0.1, 0.15) is 30.7 Å². The number of phenols is 7. The highest BCUT2D eigenvalue weighted by molar-refractivity contribution is 6.09. The molecule has 9 N–H and O–H groups in total. The molecule has 4 aromatic rings. The summed E-state index contributed by atoms with van der Waals surface area (Å²) in [7, 11) is 0. The van der Waals surface area contributed by atoms with E-state index in [0.29, 0.717) is 11.1 Å². The van der Waals surface area contributed by atoms with Crippen LogP contribution in [0.1, 0.15) is 27.0 Å². The minimum absolute atomic E-state index is 0.0192. The Morgan fingerprint density at radius 3 is 1.80 bits per heavy atom. The molecule has 16 nitrogen and oxygen atoms in total. The lowest BCUT2D eigenvalue weighted by molar-refractivity contribution is -0.282. The molecule has 0 bridgehead atoms. The fraction of sp³-hybridized carbons (Fsp3) is 0.154. The average molecular weight is 759 g/mol. The average Bonchev–Trinajstić information content (AvgIpc) is 3.16. The molecular weight excluding hydrogens is 724 g/mol. The molecule has 0 aliphatic carbocycles. The summed E-state index contributed by atoms with van der Waals surface area (Å²) < 4.78 is 22.0. The second-order valence-corrected chi connectivity index (χ2v) is 11.9. The first-order valence-electron chi connectivity index (χ1n) is 16.2. The Morgan fingerprint density at radius 1 is 0.618 bits per heavy atom. The fourth-order valence-corrected chi connectivity index (χ4v) is 5.09. The predicted octanol–water partition coefficient (Wildman–Crippen LogP) is 3.23. The molecule has 1 aliphatic rings. The van der Waals surface area contributed by atoms with Crippen LogP contribution >= 0.6 is 0 Å². The van der Waals surface area contributed by atoms with Crippen LogP contribution in [0, 0.1) is 0 Å². The highest BCUT2D eigenvalue weighted by atomic mass is 16.7. The molecule has 1 fully saturated rings. The number of ketones is 1. The number of aliphatic hydroxyl groups excluding tert-OH is 2. The van der Waals surface area contributed by atoms with E-state index in [0.717, 1.165) is 36.4 Å². The number of hydrogen-bond donors (Lipinski definition) is 9. The van der Waals surface area contributed by atoms with E-state index in [9.17, 15) is 60.3 Å². The zero-order chi connectivity index (χ0) is 39.8. The summed E-state index contributed by atoms with van der Waals surface area (Å²) in [4.78, 5) is 38.2. The SMILES string of the molecule is O=C(/C=C/c1ccc(O)cc1)OC[C@H]1O[C@@H](Oc2ccc(C(=O)/C=C/c3ccc(O)c(O)c3)c(O)c2O)[C@H](OC(=O)/C=C/c2ccc(O)c(O)c2)[C@@H](O)[C@H]1O. The molecule has 286 valence electrons. The number of hydrogen-bond acceptors (Lipinski definition) is 16. The third kappa shape index (κ3) is 9.91. The number of ether oxygens (including phenoxy) is 4. The summed E-state index contributed by atoms with van der Waals surface area (Å²) >= 11 is 0. The lowest BCUT2D eigenvalue weighted by Crippen LogP contribution is -2.61. The monoisotopic (exact) mass is 758 g/mol. The lowest BCUT2D eigenvalue weighted by Gasteiger charge is -2.41. The zero-order valence-electron chi connectivity index (χ0n) is 28.4. The number of benzene rings is 4. The second-order valence-electron chi connectivity index (χ2n) is 11.9. The van der Waals surface area contributed by atoms with Gasteiger partial charge in [-0.15, -0.1) is 0 Å². The Kier molecular flexibility index (Phi) is 12.3. The van der Waals surface area contributed by atoms with Crippen molar-refractivity contribution in [1.82, 2.24) is 0 Å². The summed E-state index contributed by atoms with van der Waals surface area (Å²) in [5.41, 5.74) is 0.765. The Labute approximate surface area is 311 Å². The van der Waals surface area contributed by atoms with Crippen molar-refractivity contribution in [2.45, 2.75) is 30.7 Å². The lowest BCUT2D eigenvalue weighted by atomic mass is 9.99. The van der Waals surface area contributed by atoms with E-state index in [1.807, 2.05) is 0 Å². The van der Waals surface area contributed by atoms with E-state index in [4.69, 9.17) is 18.9 Å². The molecule has 1 heterocycles. The van der Waals surface area contributed by atoms with Crippen molar-refractivity contribution in [2.24, 2.45) is 0 Å². The highest BCUT2D eigenvalue weighted by Gasteiger charge is 2.48. The van der Waals surface area contributed by atoms with E-state index in [1.54, 1.807) is 0 Å². The Balaban J connectivity index is 1.35. The Bertz CT molecular complexity index is 2140. The van der Waals surface area contributed by atoms with Crippen LogP contribution in [-0.2, 0) is 23.8 Å². The van der Waals surface area contributed by atoms with Crippen molar-refractivity contribution in [3.05, 3.63) is 113 Å². The van der Waals surface area contributed by atoms with Crippen molar-refractivity contribution in [3.63, 3.8) is 0 Å². The van der Waals surface area contributed by atoms with Crippen molar-refractivity contribution >= 4 is 35.9 Å². The zero-order valence-corrected chi connectivity index (χ0v) is 28.4. The van der Waals surface area contributed by atoms with E-state index in [2.05, 4.69) is 0 Å². The van der Waals surface area contributed by atoms with Gasteiger partial charge in [0.05, 0.1) is 5.56 Å². The summed E-state index contributed by atoms with van der Waals surface area (Å²) in [6.45, 7) is -0.655.